The molecule has 5 nitrogen and oxygen atoms in total. The van der Waals surface area contributed by atoms with Gasteiger partial charge in [-0.05, 0) is 36.8 Å². The first-order valence-corrected chi connectivity index (χ1v) is 9.86. The number of fused-ring (bicyclic) bond motifs is 3. The smallest absolute Gasteiger partial charge is 0.257 e. The third kappa shape index (κ3) is 2.92. The summed E-state index contributed by atoms with van der Waals surface area (Å²) in [5, 5.41) is 5.61. The lowest BCUT2D eigenvalue weighted by Gasteiger charge is -2.27. The van der Waals surface area contributed by atoms with Gasteiger partial charge in [-0.1, -0.05) is 25.1 Å². The third-order valence-electron chi connectivity index (χ3n) is 5.68. The molecule has 1 N–H and O–H groups in total. The molecule has 3 heterocycles. The molecule has 0 aliphatic carbocycles. The van der Waals surface area contributed by atoms with Crippen LogP contribution in [0.2, 0.25) is 0 Å². The van der Waals surface area contributed by atoms with E-state index < -0.39 is 0 Å². The van der Waals surface area contributed by atoms with Crippen LogP contribution in [0.1, 0.15) is 34.2 Å². The van der Waals surface area contributed by atoms with Gasteiger partial charge in [-0.2, -0.15) is 5.10 Å². The van der Waals surface area contributed by atoms with Crippen molar-refractivity contribution >= 4 is 16.8 Å². The van der Waals surface area contributed by atoms with Crippen LogP contribution < -0.4 is 0 Å². The van der Waals surface area contributed by atoms with Crippen molar-refractivity contribution in [1.29, 1.82) is 0 Å². The molecule has 1 aliphatic rings. The lowest BCUT2D eigenvalue weighted by molar-refractivity contribution is 0.0734. The molecule has 1 amide bonds. The molecule has 0 bridgehead atoms. The highest BCUT2D eigenvalue weighted by atomic mass is 19.1. The first-order chi connectivity index (χ1) is 14.2. The molecule has 5 rings (SSSR count). The Kier molecular flexibility index (Phi) is 4.19. The number of halogens is 1. The highest BCUT2D eigenvalue weighted by Crippen LogP contribution is 2.29. The molecular formula is C23H21FN4O. The monoisotopic (exact) mass is 388 g/mol. The zero-order valence-electron chi connectivity index (χ0n) is 16.2. The minimum Gasteiger partial charge on any atom is -0.358 e. The van der Waals surface area contributed by atoms with Gasteiger partial charge in [0.2, 0.25) is 0 Å². The maximum atomic E-state index is 13.3. The number of carbonyl (C=O) groups is 1. The molecule has 146 valence electrons. The van der Waals surface area contributed by atoms with Crippen molar-refractivity contribution in [2.24, 2.45) is 0 Å². The fourth-order valence-electron chi connectivity index (χ4n) is 4.21. The van der Waals surface area contributed by atoms with Gasteiger partial charge in [-0.15, -0.1) is 0 Å². The summed E-state index contributed by atoms with van der Waals surface area (Å²) in [6, 6.07) is 14.4. The lowest BCUT2D eigenvalue weighted by Crippen LogP contribution is -2.36. The van der Waals surface area contributed by atoms with E-state index in [1.165, 1.54) is 28.8 Å². The van der Waals surface area contributed by atoms with Gasteiger partial charge in [0.05, 0.1) is 23.1 Å². The van der Waals surface area contributed by atoms with Gasteiger partial charge in [-0.25, -0.2) is 9.07 Å². The predicted molar refractivity (Wildman–Crippen MR) is 110 cm³/mol. The normalized spacial score (nSPS) is 13.7. The van der Waals surface area contributed by atoms with E-state index in [0.29, 0.717) is 25.1 Å². The van der Waals surface area contributed by atoms with E-state index in [4.69, 9.17) is 0 Å². The van der Waals surface area contributed by atoms with Crippen LogP contribution in [0.5, 0.6) is 0 Å². The van der Waals surface area contributed by atoms with E-state index in [1.54, 1.807) is 23.0 Å². The van der Waals surface area contributed by atoms with Crippen LogP contribution in [0.4, 0.5) is 4.39 Å². The van der Waals surface area contributed by atoms with Gasteiger partial charge in [0, 0.05) is 41.7 Å². The highest BCUT2D eigenvalue weighted by molar-refractivity contribution is 5.96. The lowest BCUT2D eigenvalue weighted by atomic mass is 10.0. The molecule has 0 atom stereocenters. The van der Waals surface area contributed by atoms with Crippen LogP contribution in [-0.2, 0) is 19.4 Å². The molecule has 29 heavy (non-hydrogen) atoms. The largest absolute Gasteiger partial charge is 0.358 e. The van der Waals surface area contributed by atoms with Crippen LogP contribution in [-0.4, -0.2) is 32.1 Å². The number of hydrogen-bond acceptors (Lipinski definition) is 2. The van der Waals surface area contributed by atoms with Crippen LogP contribution in [0.15, 0.2) is 54.7 Å². The van der Waals surface area contributed by atoms with E-state index in [9.17, 15) is 9.18 Å². The molecule has 4 aromatic rings. The molecule has 0 saturated heterocycles. The summed E-state index contributed by atoms with van der Waals surface area (Å²) >= 11 is 0. The highest BCUT2D eigenvalue weighted by Gasteiger charge is 2.27. The molecular weight excluding hydrogens is 367 g/mol. The zero-order valence-corrected chi connectivity index (χ0v) is 16.2. The molecule has 0 saturated carbocycles. The van der Waals surface area contributed by atoms with Gasteiger partial charge in [0.1, 0.15) is 5.82 Å². The van der Waals surface area contributed by atoms with Crippen LogP contribution in [0.3, 0.4) is 0 Å². The fraction of sp³-hybridized carbons (Fsp3) is 0.217. The van der Waals surface area contributed by atoms with Gasteiger partial charge in [0.25, 0.3) is 5.91 Å². The van der Waals surface area contributed by atoms with Crippen molar-refractivity contribution in [2.45, 2.75) is 26.3 Å². The first-order valence-electron chi connectivity index (χ1n) is 9.86. The Balaban J connectivity index is 1.47. The summed E-state index contributed by atoms with van der Waals surface area (Å²) in [6.45, 7) is 3.26. The molecule has 2 aromatic carbocycles. The van der Waals surface area contributed by atoms with Crippen molar-refractivity contribution in [3.63, 3.8) is 0 Å². The summed E-state index contributed by atoms with van der Waals surface area (Å²) in [5.74, 6) is -0.302. The number of H-pyrrole nitrogens is 1. The second-order valence-corrected chi connectivity index (χ2v) is 7.35. The SMILES string of the molecule is CCc1c(C(=O)N2CCc3[nH]c4ccccc4c3C2)cnn1-c1ccc(F)cc1. The number of hydrogen-bond donors (Lipinski definition) is 1. The van der Waals surface area contributed by atoms with Crippen molar-refractivity contribution in [2.75, 3.05) is 6.54 Å². The summed E-state index contributed by atoms with van der Waals surface area (Å²) in [4.78, 5) is 18.7. The van der Waals surface area contributed by atoms with Crippen LogP contribution in [0.25, 0.3) is 16.6 Å². The molecule has 2 aromatic heterocycles. The van der Waals surface area contributed by atoms with Gasteiger partial charge in [-0.3, -0.25) is 4.79 Å². The summed E-state index contributed by atoms with van der Waals surface area (Å²) in [7, 11) is 0. The summed E-state index contributed by atoms with van der Waals surface area (Å²) in [6.07, 6.45) is 3.10. The Morgan fingerprint density at radius 3 is 2.76 bits per heavy atom. The quantitative estimate of drug-likeness (QED) is 0.570. The Hall–Kier alpha value is -3.41. The van der Waals surface area contributed by atoms with E-state index in [1.807, 2.05) is 24.0 Å². The molecule has 0 fully saturated rings. The van der Waals surface area contributed by atoms with Gasteiger partial charge >= 0.3 is 0 Å². The maximum Gasteiger partial charge on any atom is 0.257 e. The van der Waals surface area contributed by atoms with E-state index in [0.717, 1.165) is 23.3 Å². The van der Waals surface area contributed by atoms with E-state index in [-0.39, 0.29) is 11.7 Å². The Morgan fingerprint density at radius 2 is 1.97 bits per heavy atom. The molecule has 0 spiro atoms. The van der Waals surface area contributed by atoms with Crippen LogP contribution in [0, 0.1) is 5.82 Å². The summed E-state index contributed by atoms with van der Waals surface area (Å²) < 4.78 is 15.0. The number of nitrogens with one attached hydrogen (secondary N) is 1. The number of aromatic amines is 1. The van der Waals surface area contributed by atoms with E-state index >= 15 is 0 Å². The Labute approximate surface area is 167 Å². The third-order valence-corrected chi connectivity index (χ3v) is 5.68. The molecule has 1 aliphatic heterocycles. The van der Waals surface area contributed by atoms with Gasteiger partial charge in [0.15, 0.2) is 0 Å². The first kappa shape index (κ1) is 17.7. The number of nitrogens with zero attached hydrogens (tertiary/aromatic N) is 3. The predicted octanol–water partition coefficient (Wildman–Crippen LogP) is 4.25. The standard InChI is InChI=1S/C23H21FN4O/c1-2-22-18(13-25-28(22)16-9-7-15(24)8-10-16)23(29)27-12-11-21-19(14-27)17-5-3-4-6-20(17)26-21/h3-10,13,26H,2,11-12,14H2,1H3. The number of benzene rings is 2. The van der Waals surface area contributed by atoms with E-state index in [2.05, 4.69) is 22.2 Å². The zero-order chi connectivity index (χ0) is 20.0. The number of amides is 1. The topological polar surface area (TPSA) is 53.9 Å². The number of aromatic nitrogens is 3. The second kappa shape index (κ2) is 6.88. The number of carbonyl (C=O) groups excluding carboxylic acids is 1. The average Bonchev–Trinajstić information content (AvgIpc) is 3.34. The molecule has 0 radical (unpaired) electrons. The van der Waals surface area contributed by atoms with Crippen LogP contribution >= 0.6 is 0 Å². The number of rotatable bonds is 3. The van der Waals surface area contributed by atoms with Crippen molar-refractivity contribution in [3.05, 3.63) is 83.1 Å². The van der Waals surface area contributed by atoms with Crippen molar-refractivity contribution in [1.82, 2.24) is 19.7 Å². The van der Waals surface area contributed by atoms with Gasteiger partial charge < -0.3 is 9.88 Å². The minimum atomic E-state index is -0.293. The fourth-order valence-corrected chi connectivity index (χ4v) is 4.21. The van der Waals surface area contributed by atoms with Crippen molar-refractivity contribution in [3.8, 4) is 5.69 Å². The Bertz CT molecular complexity index is 1210. The minimum absolute atomic E-state index is 0.00820. The second-order valence-electron chi connectivity index (χ2n) is 7.35. The summed E-state index contributed by atoms with van der Waals surface area (Å²) in [5.41, 5.74) is 5.73. The molecule has 0 unspecified atom stereocenters. The van der Waals surface area contributed by atoms with Crippen molar-refractivity contribution < 1.29 is 9.18 Å². The average molecular weight is 388 g/mol. The Morgan fingerprint density at radius 1 is 1.17 bits per heavy atom. The maximum absolute atomic E-state index is 13.3. The number of para-hydroxylation sites is 1. The molecule has 6 heteroatoms.